The maximum atomic E-state index is 11.8. The number of nitrogens with zero attached hydrogens (tertiary/aromatic N) is 4. The van der Waals surface area contributed by atoms with Crippen molar-refractivity contribution in [1.82, 2.24) is 20.0 Å². The van der Waals surface area contributed by atoms with Crippen molar-refractivity contribution < 1.29 is 13.9 Å². The van der Waals surface area contributed by atoms with E-state index in [2.05, 4.69) is 31.2 Å². The monoisotopic (exact) mass is 436 g/mol. The number of halogens is 1. The van der Waals surface area contributed by atoms with E-state index in [-0.39, 0.29) is 5.97 Å². The van der Waals surface area contributed by atoms with Gasteiger partial charge in [0.25, 0.3) is 5.22 Å². The Hall–Kier alpha value is -2.13. The molecule has 3 rings (SSSR count). The van der Waals surface area contributed by atoms with Gasteiger partial charge in [-0.1, -0.05) is 30.0 Å². The van der Waals surface area contributed by atoms with Crippen molar-refractivity contribution in [3.05, 3.63) is 57.1 Å². The van der Waals surface area contributed by atoms with Gasteiger partial charge >= 0.3 is 5.97 Å². The molecule has 26 heavy (non-hydrogen) atoms. The molecule has 0 atom stereocenters. The first-order valence-electron chi connectivity index (χ1n) is 7.80. The van der Waals surface area contributed by atoms with Crippen LogP contribution in [0.1, 0.15) is 33.2 Å². The number of aryl methyl sites for hydroxylation is 1. The van der Waals surface area contributed by atoms with Crippen molar-refractivity contribution >= 4 is 33.7 Å². The Labute approximate surface area is 163 Å². The molecule has 0 aliphatic carbocycles. The fourth-order valence-electron chi connectivity index (χ4n) is 2.41. The van der Waals surface area contributed by atoms with Gasteiger partial charge in [-0.2, -0.15) is 5.10 Å². The number of esters is 1. The minimum Gasteiger partial charge on any atom is -0.465 e. The Kier molecular flexibility index (Phi) is 5.77. The Morgan fingerprint density at radius 1 is 1.31 bits per heavy atom. The third-order valence-corrected chi connectivity index (χ3v) is 5.82. The highest BCUT2D eigenvalue weighted by atomic mass is 79.9. The lowest BCUT2D eigenvalue weighted by Crippen LogP contribution is -2.04. The molecule has 0 unspecified atom stereocenters. The van der Waals surface area contributed by atoms with Crippen LogP contribution in [0.2, 0.25) is 0 Å². The first kappa shape index (κ1) is 18.7. The Bertz CT molecular complexity index is 938. The van der Waals surface area contributed by atoms with Crippen molar-refractivity contribution in [3.8, 4) is 0 Å². The smallest absolute Gasteiger partial charge is 0.338 e. The van der Waals surface area contributed by atoms with Crippen molar-refractivity contribution in [3.63, 3.8) is 0 Å². The molecule has 0 spiro atoms. The number of aromatic nitrogens is 4. The van der Waals surface area contributed by atoms with Crippen molar-refractivity contribution in [2.75, 3.05) is 7.11 Å². The summed E-state index contributed by atoms with van der Waals surface area (Å²) in [6.45, 7) is 4.31. The van der Waals surface area contributed by atoms with Gasteiger partial charge in [0.05, 0.1) is 28.5 Å². The number of benzene rings is 1. The van der Waals surface area contributed by atoms with E-state index in [1.807, 2.05) is 30.7 Å². The van der Waals surface area contributed by atoms with Crippen molar-refractivity contribution in [1.29, 1.82) is 0 Å². The summed E-state index contributed by atoms with van der Waals surface area (Å²) in [7, 11) is 1.37. The molecule has 0 aliphatic heterocycles. The molecule has 1 aromatic carbocycles. The number of hydrogen-bond acceptors (Lipinski definition) is 7. The van der Waals surface area contributed by atoms with Crippen molar-refractivity contribution in [2.24, 2.45) is 0 Å². The van der Waals surface area contributed by atoms with Crippen LogP contribution in [0.25, 0.3) is 0 Å². The fourth-order valence-corrected chi connectivity index (χ4v) is 3.48. The van der Waals surface area contributed by atoms with Gasteiger partial charge in [-0.3, -0.25) is 4.68 Å². The van der Waals surface area contributed by atoms with Gasteiger partial charge < -0.3 is 9.15 Å². The summed E-state index contributed by atoms with van der Waals surface area (Å²) in [4.78, 5) is 11.8. The molecule has 0 aliphatic rings. The van der Waals surface area contributed by atoms with Gasteiger partial charge in [-0.05, 0) is 41.4 Å². The zero-order valence-electron chi connectivity index (χ0n) is 14.5. The topological polar surface area (TPSA) is 83.0 Å². The summed E-state index contributed by atoms with van der Waals surface area (Å²) in [5.41, 5.74) is 3.30. The zero-order chi connectivity index (χ0) is 18.7. The summed E-state index contributed by atoms with van der Waals surface area (Å²) < 4.78 is 13.3. The van der Waals surface area contributed by atoms with Crippen LogP contribution in [0.4, 0.5) is 0 Å². The normalized spacial score (nSPS) is 10.9. The van der Waals surface area contributed by atoms with E-state index in [0.717, 1.165) is 21.4 Å². The summed E-state index contributed by atoms with van der Waals surface area (Å²) in [5, 5.41) is 13.0. The predicted molar refractivity (Wildman–Crippen MR) is 100 cm³/mol. The number of hydrogen-bond donors (Lipinski definition) is 0. The second kappa shape index (κ2) is 8.05. The van der Waals surface area contributed by atoms with Crippen LogP contribution in [-0.4, -0.2) is 33.1 Å². The van der Waals surface area contributed by atoms with Gasteiger partial charge in [0, 0.05) is 5.75 Å². The molecule has 0 fully saturated rings. The van der Waals surface area contributed by atoms with Gasteiger partial charge in [0.2, 0.25) is 5.89 Å². The molecule has 136 valence electrons. The quantitative estimate of drug-likeness (QED) is 0.429. The van der Waals surface area contributed by atoms with E-state index in [1.54, 1.807) is 12.1 Å². The highest BCUT2D eigenvalue weighted by Crippen LogP contribution is 2.25. The lowest BCUT2D eigenvalue weighted by molar-refractivity contribution is 0.0600. The molecule has 0 amide bonds. The molecule has 3 aromatic rings. The second-order valence-electron chi connectivity index (χ2n) is 5.54. The number of rotatable bonds is 6. The molecule has 0 saturated carbocycles. The standard InChI is InChI=1S/C17H17BrN4O3S/c1-10-15(18)11(2)22(21-10)8-14-19-20-17(25-14)26-9-12-6-4-5-7-13(12)16(23)24-3/h4-7H,8-9H2,1-3H3. The van der Waals surface area contributed by atoms with Crippen LogP contribution >= 0.6 is 27.7 Å². The Balaban J connectivity index is 1.68. The van der Waals surface area contributed by atoms with Gasteiger partial charge in [-0.25, -0.2) is 4.79 Å². The second-order valence-corrected chi connectivity index (χ2v) is 7.26. The first-order chi connectivity index (χ1) is 12.5. The maximum absolute atomic E-state index is 11.8. The third kappa shape index (κ3) is 3.99. The fraction of sp³-hybridized carbons (Fsp3) is 0.294. The van der Waals surface area contributed by atoms with E-state index >= 15 is 0 Å². The summed E-state index contributed by atoms with van der Waals surface area (Å²) >= 11 is 4.87. The van der Waals surface area contributed by atoms with E-state index in [0.29, 0.717) is 29.0 Å². The number of methoxy groups -OCH3 is 1. The van der Waals surface area contributed by atoms with E-state index in [1.165, 1.54) is 18.9 Å². The zero-order valence-corrected chi connectivity index (χ0v) is 16.9. The highest BCUT2D eigenvalue weighted by Gasteiger charge is 2.15. The van der Waals surface area contributed by atoms with Crippen LogP contribution in [0.15, 0.2) is 38.4 Å². The Morgan fingerprint density at radius 3 is 2.77 bits per heavy atom. The van der Waals surface area contributed by atoms with Crippen molar-refractivity contribution in [2.45, 2.75) is 31.4 Å². The predicted octanol–water partition coefficient (Wildman–Crippen LogP) is 3.77. The molecule has 0 saturated heterocycles. The number of thioether (sulfide) groups is 1. The van der Waals surface area contributed by atoms with Crippen LogP contribution in [0.3, 0.4) is 0 Å². The van der Waals surface area contributed by atoms with Gasteiger partial charge in [-0.15, -0.1) is 10.2 Å². The highest BCUT2D eigenvalue weighted by molar-refractivity contribution is 9.10. The van der Waals surface area contributed by atoms with E-state index in [4.69, 9.17) is 9.15 Å². The molecule has 2 aromatic heterocycles. The van der Waals surface area contributed by atoms with E-state index in [9.17, 15) is 4.79 Å². The summed E-state index contributed by atoms with van der Waals surface area (Å²) in [6.07, 6.45) is 0. The summed E-state index contributed by atoms with van der Waals surface area (Å²) in [6, 6.07) is 7.30. The minimum absolute atomic E-state index is 0.359. The van der Waals surface area contributed by atoms with E-state index < -0.39 is 0 Å². The summed E-state index contributed by atoms with van der Waals surface area (Å²) in [5.74, 6) is 0.646. The Morgan fingerprint density at radius 2 is 2.08 bits per heavy atom. The average molecular weight is 437 g/mol. The molecule has 7 nitrogen and oxygen atoms in total. The number of carbonyl (C=O) groups is 1. The van der Waals surface area contributed by atoms with Crippen LogP contribution < -0.4 is 0 Å². The molecule has 0 N–H and O–H groups in total. The SMILES string of the molecule is COC(=O)c1ccccc1CSc1nnc(Cn2nc(C)c(Br)c2C)o1. The van der Waals surface area contributed by atoms with Crippen LogP contribution in [-0.2, 0) is 17.0 Å². The lowest BCUT2D eigenvalue weighted by atomic mass is 10.1. The minimum atomic E-state index is -0.359. The lowest BCUT2D eigenvalue weighted by Gasteiger charge is -2.05. The molecular weight excluding hydrogens is 420 g/mol. The number of carbonyl (C=O) groups excluding carboxylic acids is 1. The van der Waals surface area contributed by atoms with Crippen LogP contribution in [0.5, 0.6) is 0 Å². The first-order valence-corrected chi connectivity index (χ1v) is 9.58. The average Bonchev–Trinajstić information content (AvgIpc) is 3.20. The molecule has 9 heteroatoms. The maximum Gasteiger partial charge on any atom is 0.338 e. The molecular formula is C17H17BrN4O3S. The molecule has 2 heterocycles. The van der Waals surface area contributed by atoms with Gasteiger partial charge in [0.1, 0.15) is 6.54 Å². The largest absolute Gasteiger partial charge is 0.465 e. The molecule has 0 bridgehead atoms. The molecule has 0 radical (unpaired) electrons. The van der Waals surface area contributed by atoms with Gasteiger partial charge in [0.15, 0.2) is 0 Å². The third-order valence-electron chi connectivity index (χ3n) is 3.80. The number of ether oxygens (including phenoxy) is 1. The van der Waals surface area contributed by atoms with Crippen LogP contribution in [0, 0.1) is 13.8 Å².